The summed E-state index contributed by atoms with van der Waals surface area (Å²) in [4.78, 5) is 11.1. The number of aromatic nitrogens is 3. The molecule has 3 heterocycles. The normalized spacial score (nSPS) is 19.2. The minimum Gasteiger partial charge on any atom is -0.368 e. The molecule has 2 aliphatic rings. The Morgan fingerprint density at radius 2 is 2.00 bits per heavy atom. The van der Waals surface area contributed by atoms with Crippen molar-refractivity contribution >= 4 is 16.9 Å². The standard InChI is InChI=1S/C27H30N6/c1-18-15-32(11-10-29-18)16-19-12-21(20-6-7-20)14-22(13-19)33-17-24(23-4-2-3-5-26(23)33)25-8-9-30-27(28)31-25/h2-5,8-9,12-14,17-18,20,29H,6-7,10-11,15-16H2,1H3,(H2,28,30,31). The number of nitrogens with zero attached hydrogens (tertiary/aromatic N) is 4. The van der Waals surface area contributed by atoms with E-state index in [0.717, 1.165) is 37.4 Å². The average molecular weight is 439 g/mol. The number of para-hydroxylation sites is 1. The van der Waals surface area contributed by atoms with E-state index in [4.69, 9.17) is 5.73 Å². The molecule has 2 fully saturated rings. The van der Waals surface area contributed by atoms with E-state index in [1.165, 1.54) is 40.6 Å². The molecule has 4 aromatic rings. The molecule has 1 saturated carbocycles. The van der Waals surface area contributed by atoms with Gasteiger partial charge in [-0.1, -0.05) is 24.3 Å². The Bertz CT molecular complexity index is 1310. The summed E-state index contributed by atoms with van der Waals surface area (Å²) in [5.41, 5.74) is 13.1. The zero-order chi connectivity index (χ0) is 22.4. The van der Waals surface area contributed by atoms with Crippen molar-refractivity contribution in [2.75, 3.05) is 25.4 Å². The molecule has 1 atom stereocenters. The van der Waals surface area contributed by atoms with Crippen LogP contribution in [0.1, 0.15) is 36.8 Å². The Kier molecular flexibility index (Phi) is 5.12. The molecule has 0 bridgehead atoms. The Hall–Kier alpha value is -3.22. The minimum atomic E-state index is 0.299. The lowest BCUT2D eigenvalue weighted by atomic mass is 10.0. The topological polar surface area (TPSA) is 72.0 Å². The summed E-state index contributed by atoms with van der Waals surface area (Å²) in [6.45, 7) is 6.51. The van der Waals surface area contributed by atoms with Crippen LogP contribution in [-0.2, 0) is 6.54 Å². The third kappa shape index (κ3) is 4.12. The van der Waals surface area contributed by atoms with E-state index in [1.807, 2.05) is 6.07 Å². The van der Waals surface area contributed by atoms with Gasteiger partial charge in [-0.3, -0.25) is 4.90 Å². The number of fused-ring (bicyclic) bond motifs is 1. The molecule has 1 saturated heterocycles. The molecule has 0 spiro atoms. The highest BCUT2D eigenvalue weighted by molar-refractivity contribution is 5.96. The monoisotopic (exact) mass is 438 g/mol. The zero-order valence-corrected chi connectivity index (χ0v) is 19.0. The number of rotatable bonds is 5. The van der Waals surface area contributed by atoms with Crippen LogP contribution in [0.15, 0.2) is 60.9 Å². The number of benzene rings is 2. The molecular weight excluding hydrogens is 408 g/mol. The van der Waals surface area contributed by atoms with Gasteiger partial charge >= 0.3 is 0 Å². The van der Waals surface area contributed by atoms with Crippen LogP contribution in [0.3, 0.4) is 0 Å². The predicted octanol–water partition coefficient (Wildman–Crippen LogP) is 4.34. The van der Waals surface area contributed by atoms with Crippen molar-refractivity contribution in [3.8, 4) is 16.9 Å². The van der Waals surface area contributed by atoms with E-state index < -0.39 is 0 Å². The second-order valence-corrected chi connectivity index (χ2v) is 9.53. The Labute approximate surface area is 194 Å². The molecule has 2 aromatic heterocycles. The van der Waals surface area contributed by atoms with Crippen LogP contribution in [0.25, 0.3) is 27.8 Å². The molecule has 33 heavy (non-hydrogen) atoms. The van der Waals surface area contributed by atoms with Gasteiger partial charge < -0.3 is 15.6 Å². The first-order chi connectivity index (χ1) is 16.1. The molecule has 2 aromatic carbocycles. The number of hydrogen-bond acceptors (Lipinski definition) is 5. The summed E-state index contributed by atoms with van der Waals surface area (Å²) in [6, 6.07) is 18.2. The summed E-state index contributed by atoms with van der Waals surface area (Å²) < 4.78 is 2.32. The van der Waals surface area contributed by atoms with Crippen LogP contribution in [0.4, 0.5) is 5.95 Å². The predicted molar refractivity (Wildman–Crippen MR) is 133 cm³/mol. The first-order valence-corrected chi connectivity index (χ1v) is 11.9. The van der Waals surface area contributed by atoms with Gasteiger partial charge in [-0.2, -0.15) is 0 Å². The van der Waals surface area contributed by atoms with Crippen LogP contribution >= 0.6 is 0 Å². The van der Waals surface area contributed by atoms with E-state index in [2.05, 4.69) is 80.3 Å². The Morgan fingerprint density at radius 3 is 2.82 bits per heavy atom. The molecule has 3 N–H and O–H groups in total. The van der Waals surface area contributed by atoms with Crippen LogP contribution < -0.4 is 11.1 Å². The van der Waals surface area contributed by atoms with Gasteiger partial charge in [0, 0.05) is 61.3 Å². The maximum atomic E-state index is 5.90. The van der Waals surface area contributed by atoms with Crippen molar-refractivity contribution in [1.82, 2.24) is 24.8 Å². The largest absolute Gasteiger partial charge is 0.368 e. The molecule has 1 aliphatic heterocycles. The summed E-state index contributed by atoms with van der Waals surface area (Å²) in [5, 5.41) is 4.72. The van der Waals surface area contributed by atoms with E-state index >= 15 is 0 Å². The van der Waals surface area contributed by atoms with Gasteiger partial charge in [0.2, 0.25) is 5.95 Å². The molecular formula is C27H30N6. The average Bonchev–Trinajstić information content (AvgIpc) is 3.59. The van der Waals surface area contributed by atoms with E-state index in [1.54, 1.807) is 6.20 Å². The Morgan fingerprint density at radius 1 is 1.12 bits per heavy atom. The first kappa shape index (κ1) is 20.4. The van der Waals surface area contributed by atoms with Gasteiger partial charge in [0.05, 0.1) is 11.2 Å². The number of nitrogens with two attached hydrogens (primary N) is 1. The first-order valence-electron chi connectivity index (χ1n) is 11.9. The van der Waals surface area contributed by atoms with Gasteiger partial charge in [0.25, 0.3) is 0 Å². The molecule has 6 nitrogen and oxygen atoms in total. The van der Waals surface area contributed by atoms with Crippen LogP contribution in [0, 0.1) is 0 Å². The highest BCUT2D eigenvalue weighted by Gasteiger charge is 2.25. The summed E-state index contributed by atoms with van der Waals surface area (Å²) in [5.74, 6) is 1.00. The van der Waals surface area contributed by atoms with Gasteiger partial charge in [0.15, 0.2) is 0 Å². The molecule has 1 unspecified atom stereocenters. The molecule has 0 radical (unpaired) electrons. The number of nitrogen functional groups attached to an aromatic ring is 1. The van der Waals surface area contributed by atoms with Crippen LogP contribution in [0.5, 0.6) is 0 Å². The summed E-state index contributed by atoms with van der Waals surface area (Å²) in [6.07, 6.45) is 6.52. The van der Waals surface area contributed by atoms with E-state index in [-0.39, 0.29) is 0 Å². The summed E-state index contributed by atoms with van der Waals surface area (Å²) in [7, 11) is 0. The third-order valence-electron chi connectivity index (χ3n) is 6.85. The van der Waals surface area contributed by atoms with Gasteiger partial charge in [-0.05, 0) is 61.1 Å². The summed E-state index contributed by atoms with van der Waals surface area (Å²) >= 11 is 0. The molecule has 6 rings (SSSR count). The van der Waals surface area contributed by atoms with Crippen molar-refractivity contribution in [3.05, 3.63) is 72.1 Å². The lowest BCUT2D eigenvalue weighted by Gasteiger charge is -2.32. The lowest BCUT2D eigenvalue weighted by Crippen LogP contribution is -2.48. The number of anilines is 1. The fraction of sp³-hybridized carbons (Fsp3) is 0.333. The van der Waals surface area contributed by atoms with Crippen molar-refractivity contribution in [1.29, 1.82) is 0 Å². The highest BCUT2D eigenvalue weighted by Crippen LogP contribution is 2.42. The van der Waals surface area contributed by atoms with Gasteiger partial charge in [-0.25, -0.2) is 9.97 Å². The van der Waals surface area contributed by atoms with Crippen molar-refractivity contribution in [3.63, 3.8) is 0 Å². The number of hydrogen-bond donors (Lipinski definition) is 2. The number of piperazine rings is 1. The van der Waals surface area contributed by atoms with Gasteiger partial charge in [0.1, 0.15) is 0 Å². The highest BCUT2D eigenvalue weighted by atomic mass is 15.2. The maximum Gasteiger partial charge on any atom is 0.220 e. The zero-order valence-electron chi connectivity index (χ0n) is 19.0. The van der Waals surface area contributed by atoms with Crippen molar-refractivity contribution in [2.24, 2.45) is 0 Å². The lowest BCUT2D eigenvalue weighted by molar-refractivity contribution is 0.199. The molecule has 0 amide bonds. The molecule has 168 valence electrons. The third-order valence-corrected chi connectivity index (χ3v) is 6.85. The smallest absolute Gasteiger partial charge is 0.220 e. The van der Waals surface area contributed by atoms with Crippen LogP contribution in [-0.4, -0.2) is 45.1 Å². The number of nitrogens with one attached hydrogen (secondary N) is 1. The maximum absolute atomic E-state index is 5.90. The minimum absolute atomic E-state index is 0.299. The molecule has 6 heteroatoms. The van der Waals surface area contributed by atoms with Crippen LogP contribution in [0.2, 0.25) is 0 Å². The fourth-order valence-electron chi connectivity index (χ4n) is 5.12. The second-order valence-electron chi connectivity index (χ2n) is 9.53. The van der Waals surface area contributed by atoms with Crippen molar-refractivity contribution in [2.45, 2.75) is 38.3 Å². The van der Waals surface area contributed by atoms with E-state index in [0.29, 0.717) is 17.9 Å². The molecule has 1 aliphatic carbocycles. The fourth-order valence-corrected chi connectivity index (χ4v) is 5.12. The Balaban J connectivity index is 1.45. The van der Waals surface area contributed by atoms with Crippen molar-refractivity contribution < 1.29 is 0 Å². The van der Waals surface area contributed by atoms with Gasteiger partial charge in [-0.15, -0.1) is 0 Å². The second kappa shape index (κ2) is 8.28. The van der Waals surface area contributed by atoms with E-state index in [9.17, 15) is 0 Å². The SMILES string of the molecule is CC1CN(Cc2cc(C3CC3)cc(-n3cc(-c4ccnc(N)n4)c4ccccc43)c2)CCN1. The quantitative estimate of drug-likeness (QED) is 0.485.